The van der Waals surface area contributed by atoms with E-state index in [9.17, 15) is 5.11 Å². The molecule has 0 bridgehead atoms. The van der Waals surface area contributed by atoms with E-state index >= 15 is 0 Å². The van der Waals surface area contributed by atoms with Gasteiger partial charge >= 0.3 is 0 Å². The first kappa shape index (κ1) is 20.3. The topological polar surface area (TPSA) is 73.6 Å². The summed E-state index contributed by atoms with van der Waals surface area (Å²) in [5.74, 6) is 1.04. The second-order valence-electron chi connectivity index (χ2n) is 6.36. The summed E-state index contributed by atoms with van der Waals surface area (Å²) >= 11 is 6.76. The molecule has 144 valence electrons. The first-order chi connectivity index (χ1) is 13.3. The Hall–Kier alpha value is -2.45. The molecule has 0 aliphatic carbocycles. The molecule has 0 unspecified atom stereocenters. The molecule has 0 amide bonds. The number of benzene rings is 2. The highest BCUT2D eigenvalue weighted by Gasteiger charge is 2.13. The molecule has 28 heavy (non-hydrogen) atoms. The van der Waals surface area contributed by atoms with E-state index in [0.29, 0.717) is 21.7 Å². The number of hydrazone groups is 1. The lowest BCUT2D eigenvalue weighted by Crippen LogP contribution is -2.08. The van der Waals surface area contributed by atoms with Crippen LogP contribution in [0.4, 0.5) is 11.5 Å². The zero-order chi connectivity index (χ0) is 20.3. The van der Waals surface area contributed by atoms with Crippen molar-refractivity contribution in [3.05, 3.63) is 62.7 Å². The van der Waals surface area contributed by atoms with Crippen molar-refractivity contribution in [3.8, 4) is 17.1 Å². The second kappa shape index (κ2) is 8.70. The fourth-order valence-electron chi connectivity index (χ4n) is 2.51. The van der Waals surface area contributed by atoms with Crippen LogP contribution in [-0.2, 0) is 0 Å². The van der Waals surface area contributed by atoms with Crippen molar-refractivity contribution in [2.75, 3.05) is 24.4 Å². The van der Waals surface area contributed by atoms with E-state index in [1.807, 2.05) is 50.2 Å². The van der Waals surface area contributed by atoms with Crippen LogP contribution < -0.4 is 10.3 Å². The van der Waals surface area contributed by atoms with E-state index in [1.54, 1.807) is 24.4 Å². The largest absolute Gasteiger partial charge is 0.506 e. The third-order valence-corrected chi connectivity index (χ3v) is 4.99. The number of aromatic hydroxyl groups is 1. The number of phenols is 1. The molecule has 0 spiro atoms. The van der Waals surface area contributed by atoms with E-state index in [4.69, 9.17) is 0 Å². The first-order valence-corrected chi connectivity index (χ1v) is 10.0. The van der Waals surface area contributed by atoms with Crippen molar-refractivity contribution in [2.45, 2.75) is 6.92 Å². The van der Waals surface area contributed by atoms with E-state index < -0.39 is 0 Å². The molecule has 0 atom stereocenters. The maximum atomic E-state index is 10.3. The van der Waals surface area contributed by atoms with Crippen molar-refractivity contribution in [3.63, 3.8) is 0 Å². The number of aromatic nitrogens is 2. The van der Waals surface area contributed by atoms with Gasteiger partial charge in [0.2, 0.25) is 0 Å². The third kappa shape index (κ3) is 4.88. The van der Waals surface area contributed by atoms with E-state index in [0.717, 1.165) is 21.4 Å². The molecule has 2 aromatic carbocycles. The molecule has 3 aromatic rings. The zero-order valence-electron chi connectivity index (χ0n) is 15.6. The monoisotopic (exact) mass is 503 g/mol. The molecule has 8 heteroatoms. The highest BCUT2D eigenvalue weighted by atomic mass is 79.9. The number of hydrogen-bond acceptors (Lipinski definition) is 6. The standard InChI is InChI=1S/C20H19Br2N5O/c1-12-8-18(26-23-11-13-4-6-15(7-5-13)27(2)3)25-20(24-12)16-9-14(21)10-17(22)19(16)28/h4-11,28H,1-3H3,(H,24,25,26). The molecule has 3 rings (SSSR count). The van der Waals surface area contributed by atoms with Crippen LogP contribution in [0, 0.1) is 6.92 Å². The van der Waals surface area contributed by atoms with Gasteiger partial charge in [0.15, 0.2) is 11.6 Å². The number of rotatable bonds is 5. The van der Waals surface area contributed by atoms with Gasteiger partial charge in [-0.2, -0.15) is 5.10 Å². The van der Waals surface area contributed by atoms with Gasteiger partial charge in [0.05, 0.1) is 16.3 Å². The van der Waals surface area contributed by atoms with Crippen LogP contribution >= 0.6 is 31.9 Å². The highest BCUT2D eigenvalue weighted by molar-refractivity contribution is 9.11. The number of hydrogen-bond donors (Lipinski definition) is 2. The Labute approximate surface area is 180 Å². The second-order valence-corrected chi connectivity index (χ2v) is 8.13. The third-order valence-electron chi connectivity index (χ3n) is 3.93. The molecule has 0 aliphatic rings. The fraction of sp³-hybridized carbons (Fsp3) is 0.150. The number of aryl methyl sites for hydroxylation is 1. The average Bonchev–Trinajstić information content (AvgIpc) is 2.64. The zero-order valence-corrected chi connectivity index (χ0v) is 18.8. The molecule has 0 aliphatic heterocycles. The highest BCUT2D eigenvalue weighted by Crippen LogP contribution is 2.37. The smallest absolute Gasteiger partial charge is 0.165 e. The number of phenolic OH excluding ortho intramolecular Hbond substituents is 1. The lowest BCUT2D eigenvalue weighted by Gasteiger charge is -2.11. The van der Waals surface area contributed by atoms with Crippen molar-refractivity contribution in [1.29, 1.82) is 0 Å². The molecular formula is C20H19Br2N5O. The van der Waals surface area contributed by atoms with Gasteiger partial charge in [-0.3, -0.25) is 5.43 Å². The molecule has 0 fully saturated rings. The Bertz CT molecular complexity index is 1020. The van der Waals surface area contributed by atoms with E-state index in [2.05, 4.69) is 52.4 Å². The van der Waals surface area contributed by atoms with Gasteiger partial charge in [-0.25, -0.2) is 9.97 Å². The molecule has 0 saturated carbocycles. The summed E-state index contributed by atoms with van der Waals surface area (Å²) in [7, 11) is 4.00. The number of anilines is 2. The Morgan fingerprint density at radius 3 is 2.46 bits per heavy atom. The first-order valence-electron chi connectivity index (χ1n) is 8.44. The summed E-state index contributed by atoms with van der Waals surface area (Å²) < 4.78 is 1.38. The summed E-state index contributed by atoms with van der Waals surface area (Å²) in [6, 6.07) is 13.4. The van der Waals surface area contributed by atoms with Crippen LogP contribution in [0.3, 0.4) is 0 Å². The normalized spacial score (nSPS) is 11.0. The summed E-state index contributed by atoms with van der Waals surface area (Å²) in [4.78, 5) is 10.9. The predicted octanol–water partition coefficient (Wildman–Crippen LogP) is 5.19. The number of nitrogens with one attached hydrogen (secondary N) is 1. The van der Waals surface area contributed by atoms with E-state index in [-0.39, 0.29) is 5.75 Å². The van der Waals surface area contributed by atoms with Gasteiger partial charge in [0.1, 0.15) is 5.75 Å². The number of halogens is 2. The average molecular weight is 505 g/mol. The molecule has 0 saturated heterocycles. The van der Waals surface area contributed by atoms with Crippen LogP contribution in [0.1, 0.15) is 11.3 Å². The predicted molar refractivity (Wildman–Crippen MR) is 121 cm³/mol. The summed E-state index contributed by atoms with van der Waals surface area (Å²) in [5.41, 5.74) is 6.31. The Kier molecular flexibility index (Phi) is 6.31. The van der Waals surface area contributed by atoms with Gasteiger partial charge in [-0.15, -0.1) is 0 Å². The minimum Gasteiger partial charge on any atom is -0.506 e. The lowest BCUT2D eigenvalue weighted by atomic mass is 10.2. The minimum atomic E-state index is 0.0873. The Balaban J connectivity index is 1.82. The van der Waals surface area contributed by atoms with Crippen molar-refractivity contribution < 1.29 is 5.11 Å². The van der Waals surface area contributed by atoms with Crippen LogP contribution in [0.15, 0.2) is 56.5 Å². The minimum absolute atomic E-state index is 0.0873. The molecule has 1 aromatic heterocycles. The van der Waals surface area contributed by atoms with Crippen LogP contribution in [0.2, 0.25) is 0 Å². The summed E-state index contributed by atoms with van der Waals surface area (Å²) in [5, 5.41) is 14.6. The van der Waals surface area contributed by atoms with Crippen molar-refractivity contribution >= 4 is 49.6 Å². The fourth-order valence-corrected chi connectivity index (χ4v) is 3.74. The van der Waals surface area contributed by atoms with Gasteiger partial charge in [-0.1, -0.05) is 28.1 Å². The van der Waals surface area contributed by atoms with Gasteiger partial charge in [-0.05, 0) is 52.7 Å². The molecule has 0 radical (unpaired) electrons. The van der Waals surface area contributed by atoms with E-state index in [1.165, 1.54) is 0 Å². The maximum Gasteiger partial charge on any atom is 0.165 e. The van der Waals surface area contributed by atoms with Crippen molar-refractivity contribution in [1.82, 2.24) is 9.97 Å². The van der Waals surface area contributed by atoms with Crippen LogP contribution in [0.25, 0.3) is 11.4 Å². The van der Waals surface area contributed by atoms with Crippen molar-refractivity contribution in [2.24, 2.45) is 5.10 Å². The molecule has 1 heterocycles. The van der Waals surface area contributed by atoms with Crippen LogP contribution in [-0.4, -0.2) is 35.4 Å². The Morgan fingerprint density at radius 2 is 1.79 bits per heavy atom. The summed E-state index contributed by atoms with van der Waals surface area (Å²) in [6.07, 6.45) is 1.73. The van der Waals surface area contributed by atoms with Gasteiger partial charge < -0.3 is 10.0 Å². The maximum absolute atomic E-state index is 10.3. The quantitative estimate of drug-likeness (QED) is 0.369. The summed E-state index contributed by atoms with van der Waals surface area (Å²) in [6.45, 7) is 1.87. The number of nitrogens with zero attached hydrogens (tertiary/aromatic N) is 4. The Morgan fingerprint density at radius 1 is 1.07 bits per heavy atom. The molecule has 2 N–H and O–H groups in total. The van der Waals surface area contributed by atoms with Gasteiger partial charge in [0.25, 0.3) is 0 Å². The van der Waals surface area contributed by atoms with Gasteiger partial charge in [0, 0.05) is 36.0 Å². The SMILES string of the molecule is Cc1cc(NN=Cc2ccc(N(C)C)cc2)nc(-c2cc(Br)cc(Br)c2O)n1. The van der Waals surface area contributed by atoms with Crippen LogP contribution in [0.5, 0.6) is 5.75 Å². The molecular weight excluding hydrogens is 486 g/mol. The molecule has 6 nitrogen and oxygen atoms in total. The lowest BCUT2D eigenvalue weighted by molar-refractivity contribution is 0.473.